The summed E-state index contributed by atoms with van der Waals surface area (Å²) in [7, 11) is 0. The molecule has 0 radical (unpaired) electrons. The van der Waals surface area contributed by atoms with Gasteiger partial charge in [-0.3, -0.25) is 9.59 Å². The molecule has 0 bridgehead atoms. The highest BCUT2D eigenvalue weighted by atomic mass is 32.1. The molecule has 4 nitrogen and oxygen atoms in total. The second kappa shape index (κ2) is 4.58. The molecular formula is C15H20N2O2S. The molecule has 1 N–H and O–H groups in total. The van der Waals surface area contributed by atoms with Gasteiger partial charge in [0.05, 0.1) is 6.54 Å². The van der Waals surface area contributed by atoms with Crippen molar-refractivity contribution in [2.45, 2.75) is 45.7 Å². The molecular weight excluding hydrogens is 272 g/mol. The van der Waals surface area contributed by atoms with Crippen molar-refractivity contribution in [1.29, 1.82) is 0 Å². The summed E-state index contributed by atoms with van der Waals surface area (Å²) in [6.45, 7) is 6.77. The van der Waals surface area contributed by atoms with E-state index in [0.717, 1.165) is 17.7 Å². The van der Waals surface area contributed by atoms with E-state index >= 15 is 0 Å². The summed E-state index contributed by atoms with van der Waals surface area (Å²) in [4.78, 5) is 28.8. The van der Waals surface area contributed by atoms with E-state index in [4.69, 9.17) is 0 Å². The second-order valence-corrected chi connectivity index (χ2v) is 7.48. The third-order valence-corrected chi connectivity index (χ3v) is 5.56. The van der Waals surface area contributed by atoms with Crippen molar-refractivity contribution < 1.29 is 9.59 Å². The van der Waals surface area contributed by atoms with Crippen molar-refractivity contribution >= 4 is 23.2 Å². The smallest absolute Gasteiger partial charge is 0.249 e. The minimum absolute atomic E-state index is 0.0380. The molecule has 0 aromatic carbocycles. The van der Waals surface area contributed by atoms with Gasteiger partial charge in [0.15, 0.2) is 0 Å². The monoisotopic (exact) mass is 292 g/mol. The molecule has 1 unspecified atom stereocenters. The number of carbonyl (C=O) groups is 2. The number of hydrogen-bond donors (Lipinski definition) is 1. The number of thiophene rings is 1. The number of amides is 2. The van der Waals surface area contributed by atoms with E-state index in [1.807, 2.05) is 6.92 Å². The number of carbonyl (C=O) groups excluding carboxylic acids is 2. The first-order valence-corrected chi connectivity index (χ1v) is 7.88. The van der Waals surface area contributed by atoms with E-state index in [9.17, 15) is 9.59 Å². The fourth-order valence-corrected chi connectivity index (χ4v) is 4.01. The lowest BCUT2D eigenvalue weighted by Gasteiger charge is -2.40. The van der Waals surface area contributed by atoms with Crippen LogP contribution in [0.5, 0.6) is 0 Å². The number of piperazine rings is 1. The van der Waals surface area contributed by atoms with Crippen LogP contribution in [-0.2, 0) is 16.1 Å². The predicted octanol–water partition coefficient (Wildman–Crippen LogP) is 1.99. The van der Waals surface area contributed by atoms with Gasteiger partial charge in [0.2, 0.25) is 11.8 Å². The lowest BCUT2D eigenvalue weighted by molar-refractivity contribution is -0.150. The van der Waals surface area contributed by atoms with E-state index < -0.39 is 5.54 Å². The van der Waals surface area contributed by atoms with Gasteiger partial charge in [-0.25, -0.2) is 0 Å². The molecule has 1 aromatic rings. The van der Waals surface area contributed by atoms with Crippen LogP contribution in [0.4, 0.5) is 0 Å². The molecule has 1 atom stereocenters. The van der Waals surface area contributed by atoms with Crippen LogP contribution in [0.3, 0.4) is 0 Å². The Morgan fingerprint density at radius 1 is 1.40 bits per heavy atom. The summed E-state index contributed by atoms with van der Waals surface area (Å²) in [5.74, 6) is 0.348. The van der Waals surface area contributed by atoms with E-state index in [0.29, 0.717) is 12.5 Å². The summed E-state index contributed by atoms with van der Waals surface area (Å²) in [6.07, 6.45) is 2.07. The minimum atomic E-state index is -0.684. The Balaban J connectivity index is 1.81. The number of hydrogen-bond acceptors (Lipinski definition) is 3. The van der Waals surface area contributed by atoms with Crippen molar-refractivity contribution in [2.24, 2.45) is 5.92 Å². The summed E-state index contributed by atoms with van der Waals surface area (Å²) >= 11 is 1.71. The van der Waals surface area contributed by atoms with Crippen LogP contribution in [0.25, 0.3) is 0 Å². The average molecular weight is 292 g/mol. The van der Waals surface area contributed by atoms with Gasteiger partial charge in [-0.2, -0.15) is 0 Å². The molecule has 0 spiro atoms. The van der Waals surface area contributed by atoms with Crippen molar-refractivity contribution in [3.05, 3.63) is 21.4 Å². The fourth-order valence-electron chi connectivity index (χ4n) is 2.94. The minimum Gasteiger partial charge on any atom is -0.340 e. The Kier molecular flexibility index (Phi) is 3.12. The average Bonchev–Trinajstić information content (AvgIpc) is 3.15. The van der Waals surface area contributed by atoms with Crippen molar-refractivity contribution in [2.75, 3.05) is 6.54 Å². The highest BCUT2D eigenvalue weighted by molar-refractivity contribution is 7.12. The number of aryl methyl sites for hydroxylation is 2. The lowest BCUT2D eigenvalue weighted by atomic mass is 9.91. The molecule has 2 fully saturated rings. The van der Waals surface area contributed by atoms with Gasteiger partial charge in [-0.15, -0.1) is 11.3 Å². The van der Waals surface area contributed by atoms with Gasteiger partial charge >= 0.3 is 0 Å². The quantitative estimate of drug-likeness (QED) is 0.926. The van der Waals surface area contributed by atoms with E-state index in [1.54, 1.807) is 16.2 Å². The zero-order chi connectivity index (χ0) is 14.5. The zero-order valence-electron chi connectivity index (χ0n) is 12.2. The first-order chi connectivity index (χ1) is 9.40. The highest BCUT2D eigenvalue weighted by Gasteiger charge is 2.52. The van der Waals surface area contributed by atoms with Crippen LogP contribution in [0, 0.1) is 19.8 Å². The number of rotatable bonds is 3. The van der Waals surface area contributed by atoms with Crippen LogP contribution in [0.1, 0.15) is 35.1 Å². The highest BCUT2D eigenvalue weighted by Crippen LogP contribution is 2.41. The number of nitrogens with one attached hydrogen (secondary N) is 1. The lowest BCUT2D eigenvalue weighted by Crippen LogP contribution is -2.66. The van der Waals surface area contributed by atoms with Gasteiger partial charge in [0, 0.05) is 9.75 Å². The van der Waals surface area contributed by atoms with Crippen LogP contribution in [0.2, 0.25) is 0 Å². The molecule has 1 saturated carbocycles. The Bertz CT molecular complexity index is 557. The summed E-state index contributed by atoms with van der Waals surface area (Å²) in [5.41, 5.74) is 0.570. The largest absolute Gasteiger partial charge is 0.340 e. The van der Waals surface area contributed by atoms with Crippen LogP contribution in [0.15, 0.2) is 6.07 Å². The van der Waals surface area contributed by atoms with Gasteiger partial charge in [0.1, 0.15) is 12.1 Å². The van der Waals surface area contributed by atoms with Gasteiger partial charge < -0.3 is 10.2 Å². The zero-order valence-corrected chi connectivity index (χ0v) is 13.0. The Labute approximate surface area is 123 Å². The maximum atomic E-state index is 12.7. The first-order valence-electron chi connectivity index (χ1n) is 7.06. The summed E-state index contributed by atoms with van der Waals surface area (Å²) in [6, 6.07) is 2.12. The third-order valence-electron chi connectivity index (χ3n) is 4.42. The Hall–Kier alpha value is -1.36. The molecule has 3 rings (SSSR count). The van der Waals surface area contributed by atoms with E-state index in [1.165, 1.54) is 10.4 Å². The van der Waals surface area contributed by atoms with Crippen molar-refractivity contribution in [3.63, 3.8) is 0 Å². The van der Waals surface area contributed by atoms with Crippen LogP contribution in [-0.4, -0.2) is 28.8 Å². The summed E-state index contributed by atoms with van der Waals surface area (Å²) < 4.78 is 0. The maximum absolute atomic E-state index is 12.7. The second-order valence-electron chi connectivity index (χ2n) is 6.14. The molecule has 1 aliphatic heterocycles. The third kappa shape index (κ3) is 2.24. The standard InChI is InChI=1S/C15H20N2O2S/c1-9-6-12(20-10(9)2)7-17-8-13(18)16-15(3,14(17)19)11-4-5-11/h6,11H,4-5,7-8H2,1-3H3,(H,16,18). The number of nitrogens with zero attached hydrogens (tertiary/aromatic N) is 1. The molecule has 20 heavy (non-hydrogen) atoms. The molecule has 1 saturated heterocycles. The molecule has 2 aliphatic rings. The Morgan fingerprint density at radius 2 is 2.10 bits per heavy atom. The van der Waals surface area contributed by atoms with Gasteiger partial charge in [0.25, 0.3) is 0 Å². The maximum Gasteiger partial charge on any atom is 0.249 e. The SMILES string of the molecule is Cc1cc(CN2CC(=O)NC(C)(C3CC3)C2=O)sc1C. The first kappa shape index (κ1) is 13.6. The molecule has 5 heteroatoms. The topological polar surface area (TPSA) is 49.4 Å². The molecule has 108 valence electrons. The van der Waals surface area contributed by atoms with E-state index in [-0.39, 0.29) is 18.4 Å². The molecule has 1 aromatic heterocycles. The van der Waals surface area contributed by atoms with Gasteiger partial charge in [-0.1, -0.05) is 0 Å². The van der Waals surface area contributed by atoms with E-state index in [2.05, 4.69) is 25.2 Å². The van der Waals surface area contributed by atoms with Crippen LogP contribution < -0.4 is 5.32 Å². The van der Waals surface area contributed by atoms with Crippen molar-refractivity contribution in [1.82, 2.24) is 10.2 Å². The van der Waals surface area contributed by atoms with Crippen molar-refractivity contribution in [3.8, 4) is 0 Å². The fraction of sp³-hybridized carbons (Fsp3) is 0.600. The summed E-state index contributed by atoms with van der Waals surface area (Å²) in [5, 5.41) is 2.91. The molecule has 1 aliphatic carbocycles. The molecule has 2 heterocycles. The predicted molar refractivity (Wildman–Crippen MR) is 78.5 cm³/mol. The Morgan fingerprint density at radius 3 is 2.65 bits per heavy atom. The molecule has 2 amide bonds. The van der Waals surface area contributed by atoms with Gasteiger partial charge in [-0.05, 0) is 51.2 Å². The normalized spacial score (nSPS) is 26.9. The van der Waals surface area contributed by atoms with Crippen LogP contribution >= 0.6 is 11.3 Å².